The van der Waals surface area contributed by atoms with E-state index < -0.39 is 0 Å². The molecule has 4 aromatic rings. The highest BCUT2D eigenvalue weighted by Crippen LogP contribution is 2.27. The molecule has 0 amide bonds. The van der Waals surface area contributed by atoms with Crippen molar-refractivity contribution in [2.45, 2.75) is 6.54 Å². The second kappa shape index (κ2) is 8.65. The maximum absolute atomic E-state index is 9.89. The summed E-state index contributed by atoms with van der Waals surface area (Å²) < 4.78 is 7.09. The molecule has 0 saturated carbocycles. The molecule has 160 valence electrons. The molecule has 1 saturated heterocycles. The predicted octanol–water partition coefficient (Wildman–Crippen LogP) is 2.99. The van der Waals surface area contributed by atoms with Crippen LogP contribution in [0.15, 0.2) is 61.1 Å². The third-order valence-electron chi connectivity index (χ3n) is 5.78. The number of rotatable bonds is 5. The Kier molecular flexibility index (Phi) is 5.40. The van der Waals surface area contributed by atoms with Gasteiger partial charge in [0.25, 0.3) is 0 Å². The van der Waals surface area contributed by atoms with Gasteiger partial charge in [-0.1, -0.05) is 12.1 Å². The zero-order chi connectivity index (χ0) is 21.9. The van der Waals surface area contributed by atoms with Crippen molar-refractivity contribution >= 4 is 11.5 Å². The molecule has 32 heavy (non-hydrogen) atoms. The van der Waals surface area contributed by atoms with Gasteiger partial charge >= 0.3 is 0 Å². The Bertz CT molecular complexity index is 1270. The van der Waals surface area contributed by atoms with Crippen molar-refractivity contribution in [3.05, 3.63) is 72.2 Å². The van der Waals surface area contributed by atoms with Crippen molar-refractivity contribution in [2.24, 2.45) is 0 Å². The van der Waals surface area contributed by atoms with E-state index in [4.69, 9.17) is 9.84 Å². The minimum absolute atomic E-state index is 0.511. The Morgan fingerprint density at radius 1 is 1.06 bits per heavy atom. The number of piperazine rings is 1. The fourth-order valence-corrected chi connectivity index (χ4v) is 4.14. The van der Waals surface area contributed by atoms with Crippen molar-refractivity contribution in [3.63, 3.8) is 0 Å². The molecule has 3 aromatic heterocycles. The van der Waals surface area contributed by atoms with Crippen LogP contribution in [0.2, 0.25) is 0 Å². The van der Waals surface area contributed by atoms with Gasteiger partial charge in [-0.05, 0) is 35.9 Å². The second-order valence-electron chi connectivity index (χ2n) is 7.73. The van der Waals surface area contributed by atoms with Crippen molar-refractivity contribution in [1.82, 2.24) is 24.5 Å². The molecular weight excluding hydrogens is 402 g/mol. The van der Waals surface area contributed by atoms with E-state index in [-0.39, 0.29) is 0 Å². The third-order valence-corrected chi connectivity index (χ3v) is 5.78. The fraction of sp³-hybridized carbons (Fsp3) is 0.250. The Morgan fingerprint density at radius 3 is 2.69 bits per heavy atom. The smallest absolute Gasteiger partial charge is 0.175 e. The van der Waals surface area contributed by atoms with Crippen LogP contribution in [0, 0.1) is 11.3 Å². The number of methoxy groups -OCH3 is 1. The molecule has 1 aromatic carbocycles. The largest absolute Gasteiger partial charge is 0.497 e. The molecule has 0 aliphatic carbocycles. The molecule has 0 atom stereocenters. The summed E-state index contributed by atoms with van der Waals surface area (Å²) in [6.07, 6.45) is 5.25. The molecule has 0 unspecified atom stereocenters. The van der Waals surface area contributed by atoms with Gasteiger partial charge in [0.2, 0.25) is 0 Å². The van der Waals surface area contributed by atoms with E-state index in [9.17, 15) is 5.26 Å². The highest BCUT2D eigenvalue weighted by molar-refractivity contribution is 5.72. The first-order chi connectivity index (χ1) is 15.8. The SMILES string of the molecule is COc1cccc(CN2CCN(c3nn4c(-c5cccnc5)ccnc4c3C#N)CC2)c1. The lowest BCUT2D eigenvalue weighted by molar-refractivity contribution is 0.249. The monoisotopic (exact) mass is 425 g/mol. The van der Waals surface area contributed by atoms with Gasteiger partial charge in [0, 0.05) is 56.9 Å². The van der Waals surface area contributed by atoms with Crippen LogP contribution >= 0.6 is 0 Å². The topological polar surface area (TPSA) is 82.6 Å². The van der Waals surface area contributed by atoms with E-state index in [1.807, 2.05) is 30.3 Å². The Balaban J connectivity index is 1.38. The first kappa shape index (κ1) is 20.0. The van der Waals surface area contributed by atoms with Gasteiger partial charge in [0.15, 0.2) is 11.5 Å². The lowest BCUT2D eigenvalue weighted by Gasteiger charge is -2.35. The van der Waals surface area contributed by atoms with Crippen molar-refractivity contribution < 1.29 is 4.74 Å². The van der Waals surface area contributed by atoms with Gasteiger partial charge in [-0.2, -0.15) is 5.26 Å². The average molecular weight is 425 g/mol. The fourth-order valence-electron chi connectivity index (χ4n) is 4.14. The standard InChI is InChI=1S/C24H23N7O/c1-32-20-6-2-4-18(14-20)17-29-10-12-30(13-11-29)24-21(15-25)23-27-9-7-22(31(23)28-24)19-5-3-8-26-16-19/h2-9,14,16H,10-13,17H2,1H3. The second-order valence-corrected chi connectivity index (χ2v) is 7.73. The number of ether oxygens (including phenoxy) is 1. The van der Waals surface area contributed by atoms with E-state index >= 15 is 0 Å². The highest BCUT2D eigenvalue weighted by atomic mass is 16.5. The zero-order valence-electron chi connectivity index (χ0n) is 17.8. The minimum atomic E-state index is 0.511. The summed E-state index contributed by atoms with van der Waals surface area (Å²) in [5, 5.41) is 14.7. The molecular formula is C24H23N7O. The van der Waals surface area contributed by atoms with Crippen molar-refractivity contribution in [1.29, 1.82) is 5.26 Å². The maximum atomic E-state index is 9.89. The molecule has 4 heterocycles. The number of hydrogen-bond donors (Lipinski definition) is 0. The number of benzene rings is 1. The van der Waals surface area contributed by atoms with E-state index in [2.05, 4.69) is 38.0 Å². The van der Waals surface area contributed by atoms with Gasteiger partial charge in [0.1, 0.15) is 17.4 Å². The first-order valence-corrected chi connectivity index (χ1v) is 10.6. The summed E-state index contributed by atoms with van der Waals surface area (Å²) in [5.74, 6) is 1.57. The molecule has 5 rings (SSSR count). The number of aromatic nitrogens is 4. The van der Waals surface area contributed by atoms with Crippen LogP contribution in [-0.2, 0) is 6.54 Å². The molecule has 1 aliphatic heterocycles. The summed E-state index contributed by atoms with van der Waals surface area (Å²) in [7, 11) is 1.69. The van der Waals surface area contributed by atoms with Crippen LogP contribution in [0.25, 0.3) is 16.9 Å². The minimum Gasteiger partial charge on any atom is -0.497 e. The molecule has 0 radical (unpaired) electrons. The zero-order valence-corrected chi connectivity index (χ0v) is 17.8. The number of pyridine rings is 1. The van der Waals surface area contributed by atoms with Gasteiger partial charge in [-0.15, -0.1) is 5.10 Å². The van der Waals surface area contributed by atoms with E-state index in [0.717, 1.165) is 49.7 Å². The predicted molar refractivity (Wildman–Crippen MR) is 121 cm³/mol. The average Bonchev–Trinajstić information content (AvgIpc) is 3.24. The molecule has 0 bridgehead atoms. The van der Waals surface area contributed by atoms with Crippen LogP contribution in [0.5, 0.6) is 5.75 Å². The van der Waals surface area contributed by atoms with Crippen molar-refractivity contribution in [3.8, 4) is 23.1 Å². The van der Waals surface area contributed by atoms with E-state index in [1.54, 1.807) is 30.2 Å². The normalized spacial score (nSPS) is 14.4. The van der Waals surface area contributed by atoms with Crippen LogP contribution < -0.4 is 9.64 Å². The Labute approximate surface area is 186 Å². The molecule has 8 heteroatoms. The van der Waals surface area contributed by atoms with Gasteiger partial charge in [-0.25, -0.2) is 9.50 Å². The lowest BCUT2D eigenvalue weighted by Crippen LogP contribution is -2.46. The molecule has 0 N–H and O–H groups in total. The summed E-state index contributed by atoms with van der Waals surface area (Å²) in [6, 6.07) is 16.3. The molecule has 1 aliphatic rings. The summed E-state index contributed by atoms with van der Waals surface area (Å²) in [4.78, 5) is 13.3. The van der Waals surface area contributed by atoms with E-state index in [1.165, 1.54) is 5.56 Å². The lowest BCUT2D eigenvalue weighted by atomic mass is 10.2. The number of hydrogen-bond acceptors (Lipinski definition) is 7. The van der Waals surface area contributed by atoms with Crippen LogP contribution in [0.1, 0.15) is 11.1 Å². The summed E-state index contributed by atoms with van der Waals surface area (Å²) in [5.41, 5.74) is 4.11. The number of fused-ring (bicyclic) bond motifs is 1. The van der Waals surface area contributed by atoms with Gasteiger partial charge < -0.3 is 9.64 Å². The Morgan fingerprint density at radius 2 is 1.94 bits per heavy atom. The third kappa shape index (κ3) is 3.74. The molecule has 1 fully saturated rings. The van der Waals surface area contributed by atoms with Gasteiger partial charge in [-0.3, -0.25) is 9.88 Å². The maximum Gasteiger partial charge on any atom is 0.175 e. The highest BCUT2D eigenvalue weighted by Gasteiger charge is 2.25. The van der Waals surface area contributed by atoms with Crippen LogP contribution in [0.3, 0.4) is 0 Å². The van der Waals surface area contributed by atoms with Crippen LogP contribution in [0.4, 0.5) is 5.82 Å². The number of nitrogens with zero attached hydrogens (tertiary/aromatic N) is 7. The van der Waals surface area contributed by atoms with Gasteiger partial charge in [0.05, 0.1) is 12.8 Å². The molecule has 8 nitrogen and oxygen atoms in total. The van der Waals surface area contributed by atoms with E-state index in [0.29, 0.717) is 17.0 Å². The number of anilines is 1. The molecule has 0 spiro atoms. The summed E-state index contributed by atoms with van der Waals surface area (Å²) in [6.45, 7) is 4.24. The van der Waals surface area contributed by atoms with Crippen molar-refractivity contribution in [2.75, 3.05) is 38.2 Å². The quantitative estimate of drug-likeness (QED) is 0.486. The Hall–Kier alpha value is -3.96. The number of nitriles is 1. The summed E-state index contributed by atoms with van der Waals surface area (Å²) >= 11 is 0. The first-order valence-electron chi connectivity index (χ1n) is 10.6. The van der Waals surface area contributed by atoms with Crippen LogP contribution in [-0.4, -0.2) is 57.8 Å².